The molecule has 0 unspecified atom stereocenters. The summed E-state index contributed by atoms with van der Waals surface area (Å²) in [4.78, 5) is 21.0. The zero-order chi connectivity index (χ0) is 14.6. The Morgan fingerprint density at radius 1 is 1.32 bits per heavy atom. The molecule has 1 aromatic carbocycles. The highest BCUT2D eigenvalue weighted by atomic mass is 32.2. The molecule has 0 aliphatic carbocycles. The third kappa shape index (κ3) is 4.32. The monoisotopic (exact) mass is 287 g/mol. The van der Waals surface area contributed by atoms with Crippen LogP contribution < -0.4 is 0 Å². The van der Waals surface area contributed by atoms with Gasteiger partial charge in [-0.1, -0.05) is 0 Å². The van der Waals surface area contributed by atoms with Gasteiger partial charge in [0.25, 0.3) is 5.69 Å². The number of carbonyl (C=O) groups is 1. The minimum absolute atomic E-state index is 0.154. The largest absolute Gasteiger partial charge is 0.462 e. The molecular weight excluding hydrogens is 274 g/mol. The fourth-order valence-corrected chi connectivity index (χ4v) is 2.41. The molecule has 0 atom stereocenters. The number of carbonyl (C=O) groups excluding carboxylic acids is 1. The summed E-state index contributed by atoms with van der Waals surface area (Å²) in [5.74, 6) is -1.64. The van der Waals surface area contributed by atoms with Crippen LogP contribution in [-0.4, -0.2) is 31.2 Å². The van der Waals surface area contributed by atoms with Gasteiger partial charge in [-0.05, 0) is 26.0 Å². The number of nitrogens with zero attached hydrogens (tertiary/aromatic N) is 1. The Labute approximate surface area is 110 Å². The number of hydrogen-bond acceptors (Lipinski definition) is 6. The highest BCUT2D eigenvalue weighted by Crippen LogP contribution is 2.17. The molecule has 8 heteroatoms. The van der Waals surface area contributed by atoms with Crippen molar-refractivity contribution >= 4 is 21.5 Å². The van der Waals surface area contributed by atoms with Gasteiger partial charge in [-0.15, -0.1) is 0 Å². The summed E-state index contributed by atoms with van der Waals surface area (Å²) in [5, 5.41) is 10.4. The number of benzene rings is 1. The second-order valence-electron chi connectivity index (χ2n) is 4.05. The number of hydrogen-bond donors (Lipinski definition) is 0. The minimum Gasteiger partial charge on any atom is -0.462 e. The van der Waals surface area contributed by atoms with Crippen LogP contribution in [0.25, 0.3) is 0 Å². The first-order chi connectivity index (χ1) is 8.72. The van der Waals surface area contributed by atoms with Crippen molar-refractivity contribution in [3.05, 3.63) is 34.4 Å². The Kier molecular flexibility index (Phi) is 4.60. The predicted octanol–water partition coefficient (Wildman–Crippen LogP) is 1.32. The number of nitro benzene ring substituents is 1. The van der Waals surface area contributed by atoms with Crippen molar-refractivity contribution in [1.82, 2.24) is 0 Å². The molecule has 0 radical (unpaired) electrons. The van der Waals surface area contributed by atoms with Gasteiger partial charge in [0, 0.05) is 12.1 Å². The maximum Gasteiger partial charge on any atom is 0.321 e. The molecule has 1 aromatic rings. The van der Waals surface area contributed by atoms with Gasteiger partial charge in [0.1, 0.15) is 0 Å². The topological polar surface area (TPSA) is 104 Å². The van der Waals surface area contributed by atoms with Gasteiger partial charge in [-0.25, -0.2) is 8.42 Å². The minimum atomic E-state index is -3.84. The van der Waals surface area contributed by atoms with Crippen LogP contribution >= 0.6 is 0 Å². The van der Waals surface area contributed by atoms with Gasteiger partial charge in [0.15, 0.2) is 15.6 Å². The molecule has 0 aliphatic rings. The number of rotatable bonds is 5. The van der Waals surface area contributed by atoms with Crippen LogP contribution in [0.5, 0.6) is 0 Å². The highest BCUT2D eigenvalue weighted by Gasteiger charge is 2.21. The summed E-state index contributed by atoms with van der Waals surface area (Å²) in [6, 6.07) is 4.33. The first-order valence-electron chi connectivity index (χ1n) is 5.39. The van der Waals surface area contributed by atoms with Crippen LogP contribution in [-0.2, 0) is 19.4 Å². The average Bonchev–Trinajstić information content (AvgIpc) is 2.27. The van der Waals surface area contributed by atoms with Gasteiger partial charge in [0.2, 0.25) is 0 Å². The lowest BCUT2D eigenvalue weighted by Gasteiger charge is -2.08. The second kappa shape index (κ2) is 5.79. The fourth-order valence-electron chi connectivity index (χ4n) is 1.31. The van der Waals surface area contributed by atoms with Crippen LogP contribution in [0.2, 0.25) is 0 Å². The van der Waals surface area contributed by atoms with Gasteiger partial charge in [-0.2, -0.15) is 0 Å². The summed E-state index contributed by atoms with van der Waals surface area (Å²) in [6.07, 6.45) is -0.403. The Morgan fingerprint density at radius 3 is 2.26 bits per heavy atom. The molecule has 0 saturated heterocycles. The zero-order valence-electron chi connectivity index (χ0n) is 10.4. The Bertz CT molecular complexity index is 576. The smallest absolute Gasteiger partial charge is 0.321 e. The van der Waals surface area contributed by atoms with E-state index in [0.717, 1.165) is 24.3 Å². The van der Waals surface area contributed by atoms with Crippen LogP contribution in [0.3, 0.4) is 0 Å². The zero-order valence-corrected chi connectivity index (χ0v) is 11.2. The van der Waals surface area contributed by atoms with Gasteiger partial charge >= 0.3 is 5.97 Å². The molecular formula is C11H13NO6S. The lowest BCUT2D eigenvalue weighted by Crippen LogP contribution is -2.21. The lowest BCUT2D eigenvalue weighted by molar-refractivity contribution is -0.384. The van der Waals surface area contributed by atoms with Crippen molar-refractivity contribution in [3.63, 3.8) is 0 Å². The predicted molar refractivity (Wildman–Crippen MR) is 66.4 cm³/mol. The molecule has 0 bridgehead atoms. The van der Waals surface area contributed by atoms with E-state index in [1.807, 2.05) is 0 Å². The summed E-state index contributed by atoms with van der Waals surface area (Å²) >= 11 is 0. The van der Waals surface area contributed by atoms with Crippen LogP contribution in [0.1, 0.15) is 13.8 Å². The molecule has 0 amide bonds. The number of esters is 1. The van der Waals surface area contributed by atoms with E-state index in [-0.39, 0.29) is 10.6 Å². The third-order valence-corrected chi connectivity index (χ3v) is 3.69. The van der Waals surface area contributed by atoms with E-state index in [4.69, 9.17) is 4.74 Å². The third-order valence-electron chi connectivity index (χ3n) is 2.08. The van der Waals surface area contributed by atoms with Crippen molar-refractivity contribution in [1.29, 1.82) is 0 Å². The van der Waals surface area contributed by atoms with Crippen LogP contribution in [0, 0.1) is 10.1 Å². The molecule has 19 heavy (non-hydrogen) atoms. The van der Waals surface area contributed by atoms with E-state index >= 15 is 0 Å². The molecule has 0 aromatic heterocycles. The SMILES string of the molecule is CC(C)OC(=O)CS(=O)(=O)c1ccc([N+](=O)[O-])cc1. The normalized spacial score (nSPS) is 11.3. The fraction of sp³-hybridized carbons (Fsp3) is 0.364. The number of nitro groups is 1. The molecule has 0 saturated carbocycles. The van der Waals surface area contributed by atoms with Gasteiger partial charge in [0.05, 0.1) is 15.9 Å². The molecule has 7 nitrogen and oxygen atoms in total. The van der Waals surface area contributed by atoms with E-state index in [9.17, 15) is 23.3 Å². The number of ether oxygens (including phenoxy) is 1. The summed E-state index contributed by atoms with van der Waals surface area (Å²) in [5.41, 5.74) is -0.219. The van der Waals surface area contributed by atoms with E-state index < -0.39 is 32.6 Å². The Hall–Kier alpha value is -1.96. The molecule has 0 N–H and O–H groups in total. The average molecular weight is 287 g/mol. The van der Waals surface area contributed by atoms with Crippen molar-refractivity contribution < 1.29 is 22.9 Å². The molecule has 0 fully saturated rings. The van der Waals surface area contributed by atoms with Crippen molar-refractivity contribution in [3.8, 4) is 0 Å². The van der Waals surface area contributed by atoms with E-state index in [1.54, 1.807) is 13.8 Å². The van der Waals surface area contributed by atoms with Crippen molar-refractivity contribution in [2.24, 2.45) is 0 Å². The molecule has 0 spiro atoms. The Balaban J connectivity index is 2.88. The maximum absolute atomic E-state index is 11.8. The van der Waals surface area contributed by atoms with Crippen molar-refractivity contribution in [2.45, 2.75) is 24.8 Å². The molecule has 0 heterocycles. The summed E-state index contributed by atoms with van der Waals surface area (Å²) < 4.78 is 28.4. The molecule has 104 valence electrons. The number of sulfone groups is 1. The van der Waals surface area contributed by atoms with Gasteiger partial charge in [-0.3, -0.25) is 14.9 Å². The molecule has 1 rings (SSSR count). The van der Waals surface area contributed by atoms with Crippen molar-refractivity contribution in [2.75, 3.05) is 5.75 Å². The van der Waals surface area contributed by atoms with E-state index in [0.29, 0.717) is 0 Å². The molecule has 0 aliphatic heterocycles. The number of non-ortho nitro benzene ring substituents is 1. The van der Waals surface area contributed by atoms with Gasteiger partial charge < -0.3 is 4.74 Å². The summed E-state index contributed by atoms with van der Waals surface area (Å²) in [7, 11) is -3.84. The first-order valence-corrected chi connectivity index (χ1v) is 7.04. The maximum atomic E-state index is 11.8. The first kappa shape index (κ1) is 15.1. The Morgan fingerprint density at radius 2 is 1.84 bits per heavy atom. The quantitative estimate of drug-likeness (QED) is 0.459. The summed E-state index contributed by atoms with van der Waals surface area (Å²) in [6.45, 7) is 3.22. The second-order valence-corrected chi connectivity index (χ2v) is 6.04. The van der Waals surface area contributed by atoms with E-state index in [1.165, 1.54) is 0 Å². The van der Waals surface area contributed by atoms with E-state index in [2.05, 4.69) is 0 Å². The lowest BCUT2D eigenvalue weighted by atomic mass is 10.3. The van der Waals surface area contributed by atoms with Crippen LogP contribution in [0.15, 0.2) is 29.2 Å². The van der Waals surface area contributed by atoms with Crippen LogP contribution in [0.4, 0.5) is 5.69 Å². The standard InChI is InChI=1S/C11H13NO6S/c1-8(2)18-11(13)7-19(16,17)10-5-3-9(4-6-10)12(14)15/h3-6,8H,7H2,1-2H3. The highest BCUT2D eigenvalue weighted by molar-refractivity contribution is 7.92.